The fraction of sp³-hybridized carbons (Fsp3) is 0. The van der Waals surface area contributed by atoms with Crippen LogP contribution in [0.2, 0.25) is 0 Å². The number of furan rings is 1. The molecule has 3 nitrogen and oxygen atoms in total. The highest BCUT2D eigenvalue weighted by Gasteiger charge is 2.23. The molecule has 2 aromatic heterocycles. The van der Waals surface area contributed by atoms with Crippen molar-refractivity contribution in [2.24, 2.45) is 0 Å². The predicted octanol–water partition coefficient (Wildman–Crippen LogP) is 16.8. The Kier molecular flexibility index (Phi) is 8.83. The van der Waals surface area contributed by atoms with Crippen molar-refractivity contribution in [1.82, 2.24) is 4.57 Å². The summed E-state index contributed by atoms with van der Waals surface area (Å²) in [6.45, 7) is 0. The van der Waals surface area contributed by atoms with E-state index in [2.05, 4.69) is 252 Å². The zero-order valence-electron chi connectivity index (χ0n) is 34.4. The molecule has 296 valence electrons. The van der Waals surface area contributed by atoms with Crippen LogP contribution in [-0.2, 0) is 0 Å². The summed E-state index contributed by atoms with van der Waals surface area (Å²) in [5, 5.41) is 4.60. The highest BCUT2D eigenvalue weighted by molar-refractivity contribution is 6.27. The quantitative estimate of drug-likeness (QED) is 0.153. The molecular weight excluding hydrogens is 765 g/mol. The van der Waals surface area contributed by atoms with Crippen LogP contribution < -0.4 is 4.90 Å². The third-order valence-corrected chi connectivity index (χ3v) is 12.4. The summed E-state index contributed by atoms with van der Waals surface area (Å²) in [6, 6.07) is 86.9. The maximum atomic E-state index is 6.91. The van der Waals surface area contributed by atoms with Gasteiger partial charge in [-0.15, -0.1) is 0 Å². The van der Waals surface area contributed by atoms with Gasteiger partial charge in [0.15, 0.2) is 0 Å². The zero-order chi connectivity index (χ0) is 41.7. The molecule has 0 amide bonds. The van der Waals surface area contributed by atoms with Gasteiger partial charge in [0.1, 0.15) is 11.2 Å². The van der Waals surface area contributed by atoms with Gasteiger partial charge in [-0.3, -0.25) is 0 Å². The minimum absolute atomic E-state index is 0.872. The van der Waals surface area contributed by atoms with Crippen molar-refractivity contribution in [1.29, 1.82) is 0 Å². The first-order valence-electron chi connectivity index (χ1n) is 21.5. The van der Waals surface area contributed by atoms with E-state index in [1.54, 1.807) is 0 Å². The number of benzene rings is 10. The van der Waals surface area contributed by atoms with Gasteiger partial charge < -0.3 is 13.9 Å². The molecule has 0 N–H and O–H groups in total. The van der Waals surface area contributed by atoms with Crippen LogP contribution >= 0.6 is 0 Å². The van der Waals surface area contributed by atoms with Crippen LogP contribution in [0.3, 0.4) is 0 Å². The molecule has 10 aromatic carbocycles. The van der Waals surface area contributed by atoms with Gasteiger partial charge in [0.25, 0.3) is 0 Å². The van der Waals surface area contributed by atoms with E-state index in [1.165, 1.54) is 44.2 Å². The number of rotatable bonds is 8. The van der Waals surface area contributed by atoms with Crippen LogP contribution in [-0.4, -0.2) is 4.57 Å². The van der Waals surface area contributed by atoms with Crippen molar-refractivity contribution in [2.45, 2.75) is 0 Å². The van der Waals surface area contributed by atoms with E-state index in [4.69, 9.17) is 4.42 Å². The van der Waals surface area contributed by atoms with Gasteiger partial charge in [-0.05, 0) is 106 Å². The topological polar surface area (TPSA) is 21.3 Å². The normalized spacial score (nSPS) is 11.5. The van der Waals surface area contributed by atoms with Gasteiger partial charge in [0, 0.05) is 44.5 Å². The Morgan fingerprint density at radius 1 is 0.333 bits per heavy atom. The third kappa shape index (κ3) is 6.38. The Morgan fingerprint density at radius 3 is 1.38 bits per heavy atom. The minimum atomic E-state index is 0.872. The van der Waals surface area contributed by atoms with Crippen LogP contribution in [0.15, 0.2) is 247 Å². The molecule has 12 rings (SSSR count). The summed E-state index contributed by atoms with van der Waals surface area (Å²) < 4.78 is 9.34. The molecular formula is C60H40N2O. The van der Waals surface area contributed by atoms with Crippen LogP contribution in [0.25, 0.3) is 93.9 Å². The SMILES string of the molecule is c1ccc(-c2ccc(N(c3ccc(-c4ccccc4)cc3)c3ccc(-c4cc5c6ccccc6n(-c6cccc(-c7ccccc7)c6)c5c5c4oc4ccccc45)cc3)cc2)cc1. The summed E-state index contributed by atoms with van der Waals surface area (Å²) in [4.78, 5) is 2.34. The lowest BCUT2D eigenvalue weighted by Crippen LogP contribution is -2.09. The standard InChI is InChI=1S/C60H40N2O/c1-4-15-41(16-5-1)44-27-33-48(34-28-44)61(49-35-29-45(30-36-49)42-17-6-2-7-18-42)50-37-31-46(32-38-50)54-40-55-52-23-10-12-25-56(52)62(51-22-14-21-47(39-51)43-19-8-3-9-20-43)59(55)58-53-24-11-13-26-57(53)63-60(54)58/h1-40H. The van der Waals surface area contributed by atoms with E-state index in [9.17, 15) is 0 Å². The Labute approximate surface area is 366 Å². The first kappa shape index (κ1) is 36.5. The Hall–Kier alpha value is -8.40. The molecule has 0 saturated heterocycles. The van der Waals surface area contributed by atoms with Gasteiger partial charge in [-0.2, -0.15) is 0 Å². The average Bonchev–Trinajstić information content (AvgIpc) is 3.92. The van der Waals surface area contributed by atoms with Gasteiger partial charge in [-0.1, -0.05) is 176 Å². The molecule has 3 heteroatoms. The van der Waals surface area contributed by atoms with Crippen molar-refractivity contribution in [3.05, 3.63) is 243 Å². The van der Waals surface area contributed by atoms with Crippen molar-refractivity contribution >= 4 is 60.8 Å². The summed E-state index contributed by atoms with van der Waals surface area (Å²) in [5.41, 5.74) is 17.7. The molecule has 0 aliphatic heterocycles. The molecule has 0 fully saturated rings. The lowest BCUT2D eigenvalue weighted by Gasteiger charge is -2.26. The Morgan fingerprint density at radius 2 is 0.794 bits per heavy atom. The van der Waals surface area contributed by atoms with Gasteiger partial charge >= 0.3 is 0 Å². The fourth-order valence-electron chi connectivity index (χ4n) is 9.38. The summed E-state index contributed by atoms with van der Waals surface area (Å²) in [5.74, 6) is 0. The summed E-state index contributed by atoms with van der Waals surface area (Å²) in [6.07, 6.45) is 0. The molecule has 0 radical (unpaired) electrons. The van der Waals surface area contributed by atoms with Crippen molar-refractivity contribution < 1.29 is 4.42 Å². The molecule has 63 heavy (non-hydrogen) atoms. The second-order valence-corrected chi connectivity index (χ2v) is 16.1. The van der Waals surface area contributed by atoms with Crippen molar-refractivity contribution in [3.63, 3.8) is 0 Å². The molecule has 0 spiro atoms. The highest BCUT2D eigenvalue weighted by atomic mass is 16.3. The van der Waals surface area contributed by atoms with Gasteiger partial charge in [0.05, 0.1) is 16.4 Å². The van der Waals surface area contributed by atoms with E-state index in [0.717, 1.165) is 66.8 Å². The van der Waals surface area contributed by atoms with E-state index >= 15 is 0 Å². The number of hydrogen-bond donors (Lipinski definition) is 0. The number of fused-ring (bicyclic) bond motifs is 7. The zero-order valence-corrected chi connectivity index (χ0v) is 34.4. The lowest BCUT2D eigenvalue weighted by molar-refractivity contribution is 0.670. The minimum Gasteiger partial charge on any atom is -0.455 e. The number of anilines is 3. The van der Waals surface area contributed by atoms with Crippen molar-refractivity contribution in [2.75, 3.05) is 4.90 Å². The Balaban J connectivity index is 1.02. The largest absolute Gasteiger partial charge is 0.455 e. The maximum Gasteiger partial charge on any atom is 0.145 e. The second kappa shape index (κ2) is 15.3. The third-order valence-electron chi connectivity index (χ3n) is 12.4. The average molecular weight is 805 g/mol. The molecule has 0 atom stereocenters. The van der Waals surface area contributed by atoms with Gasteiger partial charge in [-0.25, -0.2) is 0 Å². The molecule has 0 aliphatic carbocycles. The smallest absolute Gasteiger partial charge is 0.145 e. The fourth-order valence-corrected chi connectivity index (χ4v) is 9.38. The van der Waals surface area contributed by atoms with E-state index in [-0.39, 0.29) is 0 Å². The van der Waals surface area contributed by atoms with E-state index < -0.39 is 0 Å². The maximum absolute atomic E-state index is 6.91. The van der Waals surface area contributed by atoms with Crippen molar-refractivity contribution in [3.8, 4) is 50.2 Å². The summed E-state index contributed by atoms with van der Waals surface area (Å²) >= 11 is 0. The van der Waals surface area contributed by atoms with Crippen LogP contribution in [0.1, 0.15) is 0 Å². The molecule has 2 heterocycles. The Bertz CT molecular complexity index is 3490. The van der Waals surface area contributed by atoms with E-state index in [1.807, 2.05) is 0 Å². The number of hydrogen-bond acceptors (Lipinski definition) is 2. The molecule has 0 saturated carbocycles. The first-order valence-corrected chi connectivity index (χ1v) is 21.5. The lowest BCUT2D eigenvalue weighted by atomic mass is 9.98. The monoisotopic (exact) mass is 804 g/mol. The van der Waals surface area contributed by atoms with Gasteiger partial charge in [0.2, 0.25) is 0 Å². The first-order chi connectivity index (χ1) is 31.2. The number of nitrogens with zero attached hydrogens (tertiary/aromatic N) is 2. The van der Waals surface area contributed by atoms with Crippen LogP contribution in [0, 0.1) is 0 Å². The van der Waals surface area contributed by atoms with E-state index in [0.29, 0.717) is 0 Å². The van der Waals surface area contributed by atoms with Crippen LogP contribution in [0.4, 0.5) is 17.1 Å². The number of aromatic nitrogens is 1. The summed E-state index contributed by atoms with van der Waals surface area (Å²) in [7, 11) is 0. The predicted molar refractivity (Wildman–Crippen MR) is 264 cm³/mol. The molecule has 0 bridgehead atoms. The molecule has 12 aromatic rings. The molecule has 0 unspecified atom stereocenters. The molecule has 0 aliphatic rings. The number of para-hydroxylation sites is 2. The van der Waals surface area contributed by atoms with Crippen LogP contribution in [0.5, 0.6) is 0 Å². The second-order valence-electron chi connectivity index (χ2n) is 16.1. The highest BCUT2D eigenvalue weighted by Crippen LogP contribution is 2.46.